The molecule has 1 aromatic heterocycles. The third kappa shape index (κ3) is 3.58. The second-order valence-corrected chi connectivity index (χ2v) is 8.92. The predicted molar refractivity (Wildman–Crippen MR) is 79.1 cm³/mol. The van der Waals surface area contributed by atoms with Crippen molar-refractivity contribution in [1.82, 2.24) is 0 Å². The first-order valence-corrected chi connectivity index (χ1v) is 10.1. The second kappa shape index (κ2) is 7.06. The van der Waals surface area contributed by atoms with E-state index in [1.807, 2.05) is 0 Å². The normalized spacial score (nSPS) is 18.2. The van der Waals surface area contributed by atoms with Crippen molar-refractivity contribution in [2.24, 2.45) is 0 Å². The lowest BCUT2D eigenvalue weighted by Gasteiger charge is -2.00. The van der Waals surface area contributed by atoms with Gasteiger partial charge in [-0.2, -0.15) is 0 Å². The molecule has 0 saturated heterocycles. The van der Waals surface area contributed by atoms with Crippen molar-refractivity contribution in [1.29, 1.82) is 0 Å². The van der Waals surface area contributed by atoms with E-state index >= 15 is 0 Å². The molecule has 1 aromatic rings. The Morgan fingerprint density at radius 1 is 1.22 bits per heavy atom. The fourth-order valence-corrected chi connectivity index (χ4v) is 6.96. The Balaban J connectivity index is 1.77. The molecule has 1 atom stereocenters. The molecular weight excluding hydrogens is 287 g/mol. The maximum atomic E-state index is 14.0. The van der Waals surface area contributed by atoms with Gasteiger partial charge in [0, 0.05) is 9.75 Å². The maximum absolute atomic E-state index is 14.0. The van der Waals surface area contributed by atoms with Crippen LogP contribution < -0.4 is 0 Å². The summed E-state index contributed by atoms with van der Waals surface area (Å²) in [6.45, 7) is 2.21. The average molecular weight is 306 g/mol. The average Bonchev–Trinajstić information content (AvgIpc) is 2.83. The highest BCUT2D eigenvalue weighted by atomic mass is 33.1. The first kappa shape index (κ1) is 14.5. The van der Waals surface area contributed by atoms with Gasteiger partial charge in [0.1, 0.15) is 0 Å². The van der Waals surface area contributed by atoms with Gasteiger partial charge in [-0.15, -0.1) is 11.3 Å². The molecule has 0 spiro atoms. The molecule has 1 nitrogen and oxygen atoms in total. The summed E-state index contributed by atoms with van der Waals surface area (Å²) in [6, 6.07) is 0. The van der Waals surface area contributed by atoms with E-state index in [2.05, 4.69) is 6.92 Å². The van der Waals surface area contributed by atoms with Gasteiger partial charge in [0.05, 0.1) is 20.5 Å². The van der Waals surface area contributed by atoms with Gasteiger partial charge in [-0.25, -0.2) is 8.60 Å². The number of thiophene rings is 1. The number of hydrogen-bond donors (Lipinski definition) is 0. The molecule has 0 aliphatic carbocycles. The van der Waals surface area contributed by atoms with Crippen LogP contribution in [0.5, 0.6) is 0 Å². The molecule has 0 fully saturated rings. The van der Waals surface area contributed by atoms with Crippen molar-refractivity contribution in [2.75, 3.05) is 0 Å². The summed E-state index contributed by atoms with van der Waals surface area (Å²) in [6.07, 6.45) is 8.26. The summed E-state index contributed by atoms with van der Waals surface area (Å²) in [4.78, 5) is 2.54. The Morgan fingerprint density at radius 3 is 2.67 bits per heavy atom. The molecule has 102 valence electrons. The zero-order valence-corrected chi connectivity index (χ0v) is 13.1. The summed E-state index contributed by atoms with van der Waals surface area (Å²) >= 11 is 1.53. The van der Waals surface area contributed by atoms with Gasteiger partial charge in [-0.05, 0) is 23.6 Å². The zero-order valence-electron chi connectivity index (χ0n) is 10.7. The summed E-state index contributed by atoms with van der Waals surface area (Å²) < 4.78 is 25.3. The van der Waals surface area contributed by atoms with Gasteiger partial charge < -0.3 is 0 Å². The van der Waals surface area contributed by atoms with Crippen LogP contribution in [-0.4, -0.2) is 4.21 Å². The highest BCUT2D eigenvalue weighted by Gasteiger charge is 2.27. The maximum Gasteiger partial charge on any atom is 0.151 e. The van der Waals surface area contributed by atoms with Crippen molar-refractivity contribution < 1.29 is 8.60 Å². The lowest BCUT2D eigenvalue weighted by molar-refractivity contribution is 0.574. The van der Waals surface area contributed by atoms with Crippen LogP contribution in [0.1, 0.15) is 55.2 Å². The third-order valence-corrected chi connectivity index (χ3v) is 7.38. The Morgan fingerprint density at radius 2 is 1.94 bits per heavy atom. The third-order valence-electron chi connectivity index (χ3n) is 3.13. The minimum atomic E-state index is -0.931. The molecule has 2 heterocycles. The molecule has 0 saturated carbocycles. The summed E-state index contributed by atoms with van der Waals surface area (Å²) in [5.41, 5.74) is 0. The van der Waals surface area contributed by atoms with Crippen LogP contribution in [0.15, 0.2) is 4.90 Å². The van der Waals surface area contributed by atoms with Gasteiger partial charge in [-0.1, -0.05) is 39.0 Å². The number of unbranched alkanes of at least 4 members (excludes halogenated alkanes) is 5. The predicted octanol–water partition coefficient (Wildman–Crippen LogP) is 5.06. The fourth-order valence-electron chi connectivity index (χ4n) is 2.12. The van der Waals surface area contributed by atoms with Crippen LogP contribution in [-0.2, 0) is 22.0 Å². The second-order valence-electron chi connectivity index (χ2n) is 4.64. The number of aryl methyl sites for hydroxylation is 1. The van der Waals surface area contributed by atoms with Gasteiger partial charge in [0.15, 0.2) is 5.82 Å². The smallest absolute Gasteiger partial charge is 0.151 e. The molecule has 2 rings (SSSR count). The molecule has 0 aromatic carbocycles. The molecule has 1 aliphatic heterocycles. The van der Waals surface area contributed by atoms with E-state index in [0.29, 0.717) is 10.6 Å². The summed E-state index contributed by atoms with van der Waals surface area (Å²) in [5, 5.41) is 0. The quantitative estimate of drug-likeness (QED) is 0.517. The Hall–Kier alpha value is 0.130. The lowest BCUT2D eigenvalue weighted by Crippen LogP contribution is -1.87. The minimum Gasteiger partial charge on any atom is -0.247 e. The molecule has 0 amide bonds. The topological polar surface area (TPSA) is 17.1 Å². The van der Waals surface area contributed by atoms with Crippen LogP contribution in [0, 0.1) is 5.82 Å². The lowest BCUT2D eigenvalue weighted by atomic mass is 10.1. The standard InChI is InChI=1S/C13H19FOS3/c1-2-3-4-5-6-7-8-10-12(14)13-11(16-10)9-18(15)17-13/h2-9H2,1H3. The van der Waals surface area contributed by atoms with E-state index in [1.54, 1.807) is 0 Å². The number of halogens is 1. The van der Waals surface area contributed by atoms with Gasteiger partial charge in [-0.3, -0.25) is 0 Å². The van der Waals surface area contributed by atoms with Crippen molar-refractivity contribution in [3.05, 3.63) is 15.6 Å². The van der Waals surface area contributed by atoms with E-state index in [9.17, 15) is 8.60 Å². The molecule has 5 heteroatoms. The number of fused-ring (bicyclic) bond motifs is 1. The van der Waals surface area contributed by atoms with E-state index in [0.717, 1.165) is 22.6 Å². The van der Waals surface area contributed by atoms with Crippen molar-refractivity contribution in [3.8, 4) is 0 Å². The first-order valence-electron chi connectivity index (χ1n) is 6.59. The summed E-state index contributed by atoms with van der Waals surface area (Å²) in [7, 11) is 0.266. The molecule has 0 bridgehead atoms. The molecule has 18 heavy (non-hydrogen) atoms. The van der Waals surface area contributed by atoms with Crippen molar-refractivity contribution in [2.45, 2.75) is 62.5 Å². The SMILES string of the molecule is CCCCCCCCc1sc2c(c1F)SS(=O)C2. The van der Waals surface area contributed by atoms with Gasteiger partial charge in [0.25, 0.3) is 0 Å². The minimum absolute atomic E-state index is 0.0839. The highest BCUT2D eigenvalue weighted by Crippen LogP contribution is 2.44. The Labute approximate surface area is 118 Å². The fraction of sp³-hybridized carbons (Fsp3) is 0.692. The van der Waals surface area contributed by atoms with Crippen molar-refractivity contribution in [3.63, 3.8) is 0 Å². The summed E-state index contributed by atoms with van der Waals surface area (Å²) in [5.74, 6) is 0.456. The van der Waals surface area contributed by atoms with Crippen LogP contribution in [0.4, 0.5) is 4.39 Å². The van der Waals surface area contributed by atoms with E-state index in [-0.39, 0.29) is 5.82 Å². The Kier molecular flexibility index (Phi) is 5.70. The van der Waals surface area contributed by atoms with Crippen LogP contribution >= 0.6 is 22.1 Å². The molecule has 0 radical (unpaired) electrons. The first-order chi connectivity index (χ1) is 8.72. The highest BCUT2D eigenvalue weighted by molar-refractivity contribution is 8.69. The van der Waals surface area contributed by atoms with E-state index in [1.165, 1.54) is 54.2 Å². The molecule has 1 aliphatic rings. The largest absolute Gasteiger partial charge is 0.247 e. The number of rotatable bonds is 7. The van der Waals surface area contributed by atoms with Crippen LogP contribution in [0.3, 0.4) is 0 Å². The molecule has 0 N–H and O–H groups in total. The molecule has 1 unspecified atom stereocenters. The van der Waals surface area contributed by atoms with E-state index in [4.69, 9.17) is 0 Å². The van der Waals surface area contributed by atoms with Gasteiger partial charge >= 0.3 is 0 Å². The van der Waals surface area contributed by atoms with E-state index < -0.39 is 9.83 Å². The molecular formula is C13H19FOS3. The van der Waals surface area contributed by atoms with Gasteiger partial charge in [0.2, 0.25) is 0 Å². The zero-order chi connectivity index (χ0) is 13.0. The van der Waals surface area contributed by atoms with Crippen LogP contribution in [0.2, 0.25) is 0 Å². The van der Waals surface area contributed by atoms with Crippen LogP contribution in [0.25, 0.3) is 0 Å². The van der Waals surface area contributed by atoms with Crippen molar-refractivity contribution >= 4 is 32.0 Å². The monoisotopic (exact) mass is 306 g/mol. The number of hydrogen-bond acceptors (Lipinski definition) is 3. The Bertz CT molecular complexity index is 428.